The molecule has 144 valence electrons. The van der Waals surface area contributed by atoms with Crippen molar-refractivity contribution in [2.45, 2.75) is 18.4 Å². The SMILES string of the molecule is COc1cc(C2C(C#N)=C(N)OC3C4=C(C=CC32)OC=CC4)cc(Br)c1OC. The lowest BCUT2D eigenvalue weighted by atomic mass is 9.72. The number of hydrogen-bond acceptors (Lipinski definition) is 6. The van der Waals surface area contributed by atoms with E-state index >= 15 is 0 Å². The van der Waals surface area contributed by atoms with Crippen LogP contribution in [-0.2, 0) is 9.47 Å². The molecule has 28 heavy (non-hydrogen) atoms. The topological polar surface area (TPSA) is 86.7 Å². The molecule has 0 saturated carbocycles. The molecule has 0 spiro atoms. The maximum Gasteiger partial charge on any atom is 0.199 e. The maximum absolute atomic E-state index is 9.80. The average Bonchev–Trinajstić information content (AvgIpc) is 2.72. The Labute approximate surface area is 171 Å². The van der Waals surface area contributed by atoms with Gasteiger partial charge in [0.25, 0.3) is 0 Å². The molecule has 0 aromatic heterocycles. The molecule has 0 bridgehead atoms. The van der Waals surface area contributed by atoms with Gasteiger partial charge in [-0.15, -0.1) is 0 Å². The van der Waals surface area contributed by atoms with Crippen molar-refractivity contribution in [3.63, 3.8) is 0 Å². The Bertz CT molecular complexity index is 987. The van der Waals surface area contributed by atoms with Gasteiger partial charge in [0.15, 0.2) is 17.4 Å². The first kappa shape index (κ1) is 18.5. The number of hydrogen-bond donors (Lipinski definition) is 1. The molecule has 0 radical (unpaired) electrons. The van der Waals surface area contributed by atoms with E-state index in [4.69, 9.17) is 24.7 Å². The average molecular weight is 443 g/mol. The number of nitrogens with two attached hydrogens (primary N) is 1. The molecule has 2 heterocycles. The van der Waals surface area contributed by atoms with Crippen molar-refractivity contribution in [3.05, 3.63) is 69.4 Å². The van der Waals surface area contributed by atoms with Gasteiger partial charge in [-0.05, 0) is 52.2 Å². The molecule has 0 fully saturated rings. The summed E-state index contributed by atoms with van der Waals surface area (Å²) in [4.78, 5) is 0. The van der Waals surface area contributed by atoms with E-state index in [1.165, 1.54) is 0 Å². The zero-order valence-electron chi connectivity index (χ0n) is 15.4. The Hall–Kier alpha value is -2.85. The van der Waals surface area contributed by atoms with Gasteiger partial charge >= 0.3 is 0 Å². The van der Waals surface area contributed by atoms with Crippen LogP contribution < -0.4 is 15.2 Å². The van der Waals surface area contributed by atoms with Crippen LogP contribution in [0.2, 0.25) is 0 Å². The molecule has 1 aromatic rings. The molecule has 4 rings (SSSR count). The van der Waals surface area contributed by atoms with Crippen molar-refractivity contribution in [3.8, 4) is 17.6 Å². The number of nitriles is 1. The molecule has 3 unspecified atom stereocenters. The summed E-state index contributed by atoms with van der Waals surface area (Å²) in [6, 6.07) is 6.06. The van der Waals surface area contributed by atoms with E-state index in [0.717, 1.165) is 27.8 Å². The van der Waals surface area contributed by atoms with Gasteiger partial charge < -0.3 is 24.7 Å². The molecule has 3 atom stereocenters. The summed E-state index contributed by atoms with van der Waals surface area (Å²) in [6.45, 7) is 0. The number of ether oxygens (including phenoxy) is 4. The van der Waals surface area contributed by atoms with Crippen LogP contribution in [0.4, 0.5) is 0 Å². The number of fused-ring (bicyclic) bond motifs is 2. The predicted molar refractivity (Wildman–Crippen MR) is 106 cm³/mol. The number of allylic oxidation sites excluding steroid dienone is 3. The number of rotatable bonds is 3. The first-order chi connectivity index (χ1) is 13.6. The van der Waals surface area contributed by atoms with Crippen LogP contribution in [-0.4, -0.2) is 20.3 Å². The highest BCUT2D eigenvalue weighted by molar-refractivity contribution is 9.10. The zero-order valence-corrected chi connectivity index (χ0v) is 17.0. The lowest BCUT2D eigenvalue weighted by Crippen LogP contribution is -2.39. The van der Waals surface area contributed by atoms with Crippen molar-refractivity contribution in [2.75, 3.05) is 14.2 Å². The Morgan fingerprint density at radius 1 is 1.29 bits per heavy atom. The minimum absolute atomic E-state index is 0.0965. The number of nitrogens with zero attached hydrogens (tertiary/aromatic N) is 1. The first-order valence-electron chi connectivity index (χ1n) is 8.79. The second kappa shape index (κ2) is 7.28. The molecule has 2 N–H and O–H groups in total. The van der Waals surface area contributed by atoms with Crippen LogP contribution in [0.1, 0.15) is 17.9 Å². The second-order valence-corrected chi connectivity index (χ2v) is 7.52. The Balaban J connectivity index is 1.85. The fourth-order valence-corrected chi connectivity index (χ4v) is 4.64. The highest BCUT2D eigenvalue weighted by Crippen LogP contribution is 2.49. The van der Waals surface area contributed by atoms with Crippen LogP contribution in [0.25, 0.3) is 0 Å². The molecule has 1 aromatic carbocycles. The molecule has 0 amide bonds. The molecular formula is C21H19BrN2O4. The summed E-state index contributed by atoms with van der Waals surface area (Å²) in [6.07, 6.45) is 8.02. The number of halogens is 1. The molecule has 3 aliphatic rings. The van der Waals surface area contributed by atoms with Gasteiger partial charge in [0.05, 0.1) is 30.5 Å². The predicted octanol–water partition coefficient (Wildman–Crippen LogP) is 4.02. The summed E-state index contributed by atoms with van der Waals surface area (Å²) in [5, 5.41) is 9.80. The maximum atomic E-state index is 9.80. The second-order valence-electron chi connectivity index (χ2n) is 6.66. The van der Waals surface area contributed by atoms with Gasteiger partial charge in [-0.25, -0.2) is 0 Å². The third-order valence-electron chi connectivity index (χ3n) is 5.26. The van der Waals surface area contributed by atoms with E-state index in [1.54, 1.807) is 20.5 Å². The quantitative estimate of drug-likeness (QED) is 0.760. The van der Waals surface area contributed by atoms with E-state index in [-0.39, 0.29) is 23.8 Å². The first-order valence-corrected chi connectivity index (χ1v) is 9.59. The lowest BCUT2D eigenvalue weighted by Gasteiger charge is -2.40. The van der Waals surface area contributed by atoms with E-state index in [1.807, 2.05) is 30.4 Å². The van der Waals surface area contributed by atoms with Crippen LogP contribution in [0.3, 0.4) is 0 Å². The smallest absolute Gasteiger partial charge is 0.199 e. The molecule has 7 heteroatoms. The summed E-state index contributed by atoms with van der Waals surface area (Å²) in [7, 11) is 3.17. The van der Waals surface area contributed by atoms with Crippen molar-refractivity contribution >= 4 is 15.9 Å². The number of benzene rings is 1. The summed E-state index contributed by atoms with van der Waals surface area (Å²) < 4.78 is 23.3. The molecular weight excluding hydrogens is 424 g/mol. The van der Waals surface area contributed by atoms with Crippen molar-refractivity contribution in [1.29, 1.82) is 5.26 Å². The fraction of sp³-hybridized carbons (Fsp3) is 0.286. The minimum atomic E-state index is -0.293. The molecule has 6 nitrogen and oxygen atoms in total. The highest BCUT2D eigenvalue weighted by Gasteiger charge is 2.44. The lowest BCUT2D eigenvalue weighted by molar-refractivity contribution is 0.0710. The van der Waals surface area contributed by atoms with Crippen LogP contribution >= 0.6 is 15.9 Å². The van der Waals surface area contributed by atoms with Gasteiger partial charge in [-0.2, -0.15) is 5.26 Å². The normalized spacial score (nSPS) is 25.3. The third kappa shape index (κ3) is 2.85. The van der Waals surface area contributed by atoms with Crippen LogP contribution in [0.15, 0.2) is 63.9 Å². The number of methoxy groups -OCH3 is 2. The largest absolute Gasteiger partial charge is 0.493 e. The summed E-state index contributed by atoms with van der Waals surface area (Å²) >= 11 is 3.54. The van der Waals surface area contributed by atoms with Gasteiger partial charge in [0.1, 0.15) is 17.9 Å². The Kier molecular flexibility index (Phi) is 4.82. The molecule has 1 aliphatic carbocycles. The zero-order chi connectivity index (χ0) is 19.8. The standard InChI is InChI=1S/C21H19BrN2O4/c1-25-17-9-11(8-15(22)20(17)26-2)18-13-5-6-16-12(4-3-7-27-16)19(13)28-21(24)14(18)10-23/h3,5-9,13,18-19H,4,24H2,1-2H3. The van der Waals surface area contributed by atoms with Gasteiger partial charge in [0, 0.05) is 17.4 Å². The Morgan fingerprint density at radius 2 is 2.11 bits per heavy atom. The van der Waals surface area contributed by atoms with Crippen LogP contribution in [0.5, 0.6) is 11.5 Å². The summed E-state index contributed by atoms with van der Waals surface area (Å²) in [5.74, 6) is 1.73. The van der Waals surface area contributed by atoms with Crippen molar-refractivity contribution in [2.24, 2.45) is 11.7 Å². The Morgan fingerprint density at radius 3 is 2.82 bits per heavy atom. The van der Waals surface area contributed by atoms with E-state index in [0.29, 0.717) is 17.1 Å². The van der Waals surface area contributed by atoms with E-state index in [2.05, 4.69) is 22.0 Å². The molecule has 0 saturated heterocycles. The van der Waals surface area contributed by atoms with Crippen molar-refractivity contribution < 1.29 is 18.9 Å². The third-order valence-corrected chi connectivity index (χ3v) is 5.85. The minimum Gasteiger partial charge on any atom is -0.493 e. The summed E-state index contributed by atoms with van der Waals surface area (Å²) in [5.41, 5.74) is 8.50. The fourth-order valence-electron chi connectivity index (χ4n) is 4.02. The molecule has 2 aliphatic heterocycles. The van der Waals surface area contributed by atoms with Crippen molar-refractivity contribution in [1.82, 2.24) is 0 Å². The van der Waals surface area contributed by atoms with Gasteiger partial charge in [-0.1, -0.05) is 6.08 Å². The van der Waals surface area contributed by atoms with Gasteiger partial charge in [0.2, 0.25) is 0 Å². The van der Waals surface area contributed by atoms with E-state index in [9.17, 15) is 5.26 Å². The van der Waals surface area contributed by atoms with Gasteiger partial charge in [-0.3, -0.25) is 0 Å². The monoisotopic (exact) mass is 442 g/mol. The van der Waals surface area contributed by atoms with E-state index < -0.39 is 0 Å². The van der Waals surface area contributed by atoms with Crippen LogP contribution in [0, 0.1) is 17.2 Å². The highest BCUT2D eigenvalue weighted by atomic mass is 79.9.